The summed E-state index contributed by atoms with van der Waals surface area (Å²) in [6.07, 6.45) is 8.72. The van der Waals surface area contributed by atoms with Gasteiger partial charge in [0.2, 0.25) is 5.91 Å². The zero-order chi connectivity index (χ0) is 20.0. The fraction of sp³-hybridized carbons (Fsp3) is 0.429. The number of carbonyl (C=O) groups excluding carboxylic acids is 1. The molecule has 1 aliphatic carbocycles. The second kappa shape index (κ2) is 7.30. The Morgan fingerprint density at radius 1 is 1.38 bits per heavy atom. The van der Waals surface area contributed by atoms with Gasteiger partial charge in [-0.3, -0.25) is 4.79 Å². The smallest absolute Gasteiger partial charge is 0.243 e. The summed E-state index contributed by atoms with van der Waals surface area (Å²) in [5.74, 6) is 2.45. The van der Waals surface area contributed by atoms with E-state index in [9.17, 15) is 4.79 Å². The molecule has 29 heavy (non-hydrogen) atoms. The molecule has 3 atom stereocenters. The highest BCUT2D eigenvalue weighted by Crippen LogP contribution is 2.43. The average Bonchev–Trinajstić information content (AvgIpc) is 3.41. The molecule has 1 amide bonds. The molecule has 0 radical (unpaired) electrons. The van der Waals surface area contributed by atoms with Crippen LogP contribution in [0.15, 0.2) is 30.7 Å². The fourth-order valence-electron chi connectivity index (χ4n) is 4.96. The van der Waals surface area contributed by atoms with E-state index in [0.29, 0.717) is 29.2 Å². The predicted molar refractivity (Wildman–Crippen MR) is 113 cm³/mol. The minimum Gasteiger partial charge on any atom is -0.355 e. The van der Waals surface area contributed by atoms with Crippen LogP contribution in [0.3, 0.4) is 0 Å². The van der Waals surface area contributed by atoms with Crippen LogP contribution in [-0.4, -0.2) is 45.0 Å². The van der Waals surface area contributed by atoms with E-state index in [4.69, 9.17) is 16.6 Å². The number of halogens is 1. The number of carbonyl (C=O) groups is 1. The number of nitrogens with one attached hydrogen (secondary N) is 2. The highest BCUT2D eigenvalue weighted by atomic mass is 35.5. The Morgan fingerprint density at radius 3 is 3.14 bits per heavy atom. The maximum atomic E-state index is 12.9. The molecule has 5 rings (SSSR count). The molecule has 0 spiro atoms. The Bertz CT molecular complexity index is 1070. The maximum Gasteiger partial charge on any atom is 0.243 e. The SMILES string of the molecule is CCNC(=O)[C@H]1[C@@H]2CCCC2CN1c1ccnc(-c2c[nH]c3ncc(Cl)cc23)n1. The van der Waals surface area contributed by atoms with Crippen molar-refractivity contribution in [3.05, 3.63) is 35.7 Å². The second-order valence-corrected chi connectivity index (χ2v) is 8.27. The van der Waals surface area contributed by atoms with Crippen molar-refractivity contribution in [2.45, 2.75) is 32.2 Å². The number of anilines is 1. The van der Waals surface area contributed by atoms with Crippen LogP contribution in [0.25, 0.3) is 22.4 Å². The maximum absolute atomic E-state index is 12.9. The number of likely N-dealkylation sites (N-methyl/N-ethyl adjacent to an activating group) is 1. The molecule has 0 aromatic carbocycles. The quantitative estimate of drug-likeness (QED) is 0.688. The van der Waals surface area contributed by atoms with E-state index < -0.39 is 0 Å². The molecule has 2 fully saturated rings. The van der Waals surface area contributed by atoms with Crippen LogP contribution in [0.1, 0.15) is 26.2 Å². The normalized spacial score (nSPS) is 23.5. The van der Waals surface area contributed by atoms with Gasteiger partial charge in [0.25, 0.3) is 0 Å². The van der Waals surface area contributed by atoms with Crippen molar-refractivity contribution in [3.8, 4) is 11.4 Å². The van der Waals surface area contributed by atoms with Crippen LogP contribution in [0.4, 0.5) is 5.82 Å². The van der Waals surface area contributed by atoms with Crippen LogP contribution >= 0.6 is 11.6 Å². The van der Waals surface area contributed by atoms with Crippen molar-refractivity contribution in [2.75, 3.05) is 18.0 Å². The molecule has 2 N–H and O–H groups in total. The number of rotatable bonds is 4. The first-order valence-electron chi connectivity index (χ1n) is 10.2. The number of H-pyrrole nitrogens is 1. The first kappa shape index (κ1) is 18.4. The summed E-state index contributed by atoms with van der Waals surface area (Å²) in [6, 6.07) is 3.60. The van der Waals surface area contributed by atoms with Crippen LogP contribution in [0.5, 0.6) is 0 Å². The van der Waals surface area contributed by atoms with Gasteiger partial charge in [-0.2, -0.15) is 0 Å². The van der Waals surface area contributed by atoms with Gasteiger partial charge >= 0.3 is 0 Å². The topological polar surface area (TPSA) is 86.8 Å². The van der Waals surface area contributed by atoms with Crippen LogP contribution in [0, 0.1) is 11.8 Å². The third-order valence-corrected chi connectivity index (χ3v) is 6.39. The Hall–Kier alpha value is -2.67. The molecular weight excluding hydrogens is 388 g/mol. The Labute approximate surface area is 173 Å². The lowest BCUT2D eigenvalue weighted by Gasteiger charge is -2.27. The molecule has 1 unspecified atom stereocenters. The summed E-state index contributed by atoms with van der Waals surface area (Å²) >= 11 is 6.14. The molecule has 1 saturated carbocycles. The Kier molecular flexibility index (Phi) is 4.62. The summed E-state index contributed by atoms with van der Waals surface area (Å²) in [5.41, 5.74) is 1.60. The van der Waals surface area contributed by atoms with E-state index in [0.717, 1.165) is 35.4 Å². The highest BCUT2D eigenvalue weighted by Gasteiger charge is 2.48. The van der Waals surface area contributed by atoms with Gasteiger partial charge in [-0.15, -0.1) is 0 Å². The lowest BCUT2D eigenvalue weighted by molar-refractivity contribution is -0.123. The van der Waals surface area contributed by atoms with Crippen molar-refractivity contribution in [1.29, 1.82) is 0 Å². The van der Waals surface area contributed by atoms with Gasteiger partial charge < -0.3 is 15.2 Å². The van der Waals surface area contributed by atoms with Crippen molar-refractivity contribution >= 4 is 34.4 Å². The average molecular weight is 411 g/mol. The van der Waals surface area contributed by atoms with E-state index >= 15 is 0 Å². The van der Waals surface area contributed by atoms with Crippen molar-refractivity contribution in [1.82, 2.24) is 25.3 Å². The van der Waals surface area contributed by atoms with Crippen molar-refractivity contribution in [2.24, 2.45) is 11.8 Å². The van der Waals surface area contributed by atoms with Crippen LogP contribution < -0.4 is 10.2 Å². The molecule has 8 heteroatoms. The van der Waals surface area contributed by atoms with Gasteiger partial charge in [-0.25, -0.2) is 15.0 Å². The zero-order valence-corrected chi connectivity index (χ0v) is 17.0. The van der Waals surface area contributed by atoms with Gasteiger partial charge in [-0.05, 0) is 43.7 Å². The predicted octanol–water partition coefficient (Wildman–Crippen LogP) is 3.41. The molecule has 7 nitrogen and oxygen atoms in total. The van der Waals surface area contributed by atoms with E-state index in [2.05, 4.69) is 25.2 Å². The van der Waals surface area contributed by atoms with Crippen LogP contribution in [0.2, 0.25) is 5.02 Å². The van der Waals surface area contributed by atoms with E-state index in [1.807, 2.05) is 25.3 Å². The summed E-state index contributed by atoms with van der Waals surface area (Å²) in [4.78, 5) is 31.8. The van der Waals surface area contributed by atoms with Gasteiger partial charge in [0.05, 0.1) is 5.02 Å². The number of hydrogen-bond acceptors (Lipinski definition) is 5. The Balaban J connectivity index is 1.53. The molecule has 1 aliphatic heterocycles. The zero-order valence-electron chi connectivity index (χ0n) is 16.2. The van der Waals surface area contributed by atoms with Gasteiger partial charge in [0.15, 0.2) is 5.82 Å². The number of fused-ring (bicyclic) bond motifs is 2. The largest absolute Gasteiger partial charge is 0.355 e. The number of nitrogens with zero attached hydrogens (tertiary/aromatic N) is 4. The lowest BCUT2D eigenvalue weighted by Crippen LogP contribution is -2.46. The van der Waals surface area contributed by atoms with E-state index in [1.165, 1.54) is 12.8 Å². The van der Waals surface area contributed by atoms with Gasteiger partial charge in [0, 0.05) is 42.6 Å². The number of hydrogen-bond donors (Lipinski definition) is 2. The molecule has 1 saturated heterocycles. The Morgan fingerprint density at radius 2 is 2.28 bits per heavy atom. The molecule has 4 heterocycles. The minimum atomic E-state index is -0.163. The summed E-state index contributed by atoms with van der Waals surface area (Å²) in [5, 5.41) is 4.47. The number of aromatic amines is 1. The molecule has 3 aromatic heterocycles. The molecule has 2 aliphatic rings. The highest BCUT2D eigenvalue weighted by molar-refractivity contribution is 6.31. The first-order chi connectivity index (χ1) is 14.2. The first-order valence-corrected chi connectivity index (χ1v) is 10.5. The third-order valence-electron chi connectivity index (χ3n) is 6.18. The monoisotopic (exact) mass is 410 g/mol. The van der Waals surface area contributed by atoms with E-state index in [1.54, 1.807) is 12.4 Å². The standard InChI is InChI=1S/C21H23ClN6O/c1-2-23-21(29)18-14-5-3-4-12(14)11-28(18)17-6-7-24-20(27-17)16-10-26-19-15(16)8-13(22)9-25-19/h6-10,12,14,18H,2-5,11H2,1H3,(H,23,29)(H,25,26)/t12?,14-,18-/m1/s1. The molecule has 150 valence electrons. The second-order valence-electron chi connectivity index (χ2n) is 7.84. The minimum absolute atomic E-state index is 0.102. The lowest BCUT2D eigenvalue weighted by atomic mass is 9.93. The summed E-state index contributed by atoms with van der Waals surface area (Å²) < 4.78 is 0. The van der Waals surface area contributed by atoms with Gasteiger partial charge in [-0.1, -0.05) is 18.0 Å². The number of aromatic nitrogens is 4. The van der Waals surface area contributed by atoms with E-state index in [-0.39, 0.29) is 11.9 Å². The van der Waals surface area contributed by atoms with Crippen molar-refractivity contribution < 1.29 is 4.79 Å². The van der Waals surface area contributed by atoms with Crippen LogP contribution in [-0.2, 0) is 4.79 Å². The van der Waals surface area contributed by atoms with Gasteiger partial charge in [0.1, 0.15) is 17.5 Å². The molecular formula is C21H23ClN6O. The summed E-state index contributed by atoms with van der Waals surface area (Å²) in [7, 11) is 0. The molecule has 3 aromatic rings. The molecule has 0 bridgehead atoms. The number of pyridine rings is 1. The fourth-order valence-corrected chi connectivity index (χ4v) is 5.12. The number of amides is 1. The third kappa shape index (κ3) is 3.13. The summed E-state index contributed by atoms with van der Waals surface area (Å²) in [6.45, 7) is 3.46. The van der Waals surface area contributed by atoms with Crippen molar-refractivity contribution in [3.63, 3.8) is 0 Å².